The molecule has 3 heterocycles. The van der Waals surface area contributed by atoms with E-state index in [2.05, 4.69) is 11.1 Å². The van der Waals surface area contributed by atoms with Crippen molar-refractivity contribution in [3.05, 3.63) is 53.2 Å². The molecule has 2 aromatic heterocycles. The zero-order valence-electron chi connectivity index (χ0n) is 17.0. The number of aromatic nitrogens is 2. The van der Waals surface area contributed by atoms with Gasteiger partial charge in [-0.3, -0.25) is 0 Å². The Morgan fingerprint density at radius 3 is 2.70 bits per heavy atom. The molecule has 7 heteroatoms. The SMILES string of the molecule is CCOC(=O)N1CCc2nc3nc(OCC)c(C#N)c(-c4ccccc4)c3cc2C1. The quantitative estimate of drug-likeness (QED) is 0.653. The minimum absolute atomic E-state index is 0.294. The molecule has 3 aromatic rings. The number of fused-ring (bicyclic) bond motifs is 2. The molecule has 0 atom stereocenters. The second-order valence-electron chi connectivity index (χ2n) is 6.91. The van der Waals surface area contributed by atoms with Crippen LogP contribution in [0.25, 0.3) is 22.2 Å². The molecule has 0 saturated carbocycles. The fourth-order valence-corrected chi connectivity index (χ4v) is 3.74. The van der Waals surface area contributed by atoms with Gasteiger partial charge in [-0.15, -0.1) is 0 Å². The molecule has 30 heavy (non-hydrogen) atoms. The van der Waals surface area contributed by atoms with Gasteiger partial charge in [0.05, 0.1) is 19.8 Å². The van der Waals surface area contributed by atoms with Crippen LogP contribution in [-0.2, 0) is 17.7 Å². The summed E-state index contributed by atoms with van der Waals surface area (Å²) < 4.78 is 10.8. The van der Waals surface area contributed by atoms with Crippen LogP contribution in [0.2, 0.25) is 0 Å². The number of pyridine rings is 2. The second-order valence-corrected chi connectivity index (χ2v) is 6.91. The lowest BCUT2D eigenvalue weighted by Crippen LogP contribution is -2.36. The van der Waals surface area contributed by atoms with Crippen LogP contribution >= 0.6 is 0 Å². The summed E-state index contributed by atoms with van der Waals surface area (Å²) in [6.07, 6.45) is 0.296. The van der Waals surface area contributed by atoms with E-state index >= 15 is 0 Å². The molecule has 4 rings (SSSR count). The standard InChI is InChI=1S/C23H22N4O3/c1-3-29-22-18(13-24)20(15-8-6-5-7-9-15)17-12-16-14-27(23(28)30-4-2)11-10-19(16)25-21(17)26-22/h5-9,12H,3-4,10-11,14H2,1-2H3. The first-order chi connectivity index (χ1) is 14.7. The molecule has 1 aliphatic rings. The molecule has 0 spiro atoms. The van der Waals surface area contributed by atoms with Crippen molar-refractivity contribution in [2.24, 2.45) is 0 Å². The van der Waals surface area contributed by atoms with Gasteiger partial charge in [-0.25, -0.2) is 9.78 Å². The summed E-state index contributed by atoms with van der Waals surface area (Å²) in [5, 5.41) is 10.7. The first kappa shape index (κ1) is 19.6. The van der Waals surface area contributed by atoms with E-state index in [0.717, 1.165) is 27.8 Å². The van der Waals surface area contributed by atoms with E-state index in [9.17, 15) is 10.1 Å². The molecule has 1 amide bonds. The highest BCUT2D eigenvalue weighted by atomic mass is 16.6. The molecule has 0 unspecified atom stereocenters. The fraction of sp³-hybridized carbons (Fsp3) is 0.304. The molecule has 1 aliphatic heterocycles. The van der Waals surface area contributed by atoms with Crippen molar-refractivity contribution in [2.45, 2.75) is 26.8 Å². The molecule has 0 bridgehead atoms. The van der Waals surface area contributed by atoms with Crippen LogP contribution < -0.4 is 4.74 Å². The second kappa shape index (κ2) is 8.37. The third kappa shape index (κ3) is 3.52. The van der Waals surface area contributed by atoms with Crippen molar-refractivity contribution in [3.63, 3.8) is 0 Å². The van der Waals surface area contributed by atoms with Crippen molar-refractivity contribution in [2.75, 3.05) is 19.8 Å². The smallest absolute Gasteiger partial charge is 0.410 e. The van der Waals surface area contributed by atoms with Crippen LogP contribution in [0.4, 0.5) is 4.79 Å². The van der Waals surface area contributed by atoms with Crippen molar-refractivity contribution >= 4 is 17.1 Å². The molecular formula is C23H22N4O3. The van der Waals surface area contributed by atoms with Crippen LogP contribution in [0.3, 0.4) is 0 Å². The molecule has 0 saturated heterocycles. The van der Waals surface area contributed by atoms with E-state index in [0.29, 0.717) is 49.8 Å². The topological polar surface area (TPSA) is 88.3 Å². The Morgan fingerprint density at radius 2 is 2.00 bits per heavy atom. The van der Waals surface area contributed by atoms with Gasteiger partial charge in [0.2, 0.25) is 5.88 Å². The average Bonchev–Trinajstić information content (AvgIpc) is 2.77. The molecule has 0 aliphatic carbocycles. The maximum absolute atomic E-state index is 12.2. The maximum atomic E-state index is 12.2. The Hall–Kier alpha value is -3.66. The summed E-state index contributed by atoms with van der Waals surface area (Å²) >= 11 is 0. The van der Waals surface area contributed by atoms with E-state index in [4.69, 9.17) is 14.5 Å². The first-order valence-electron chi connectivity index (χ1n) is 10.0. The predicted octanol–water partition coefficient (Wildman–Crippen LogP) is 4.08. The highest BCUT2D eigenvalue weighted by Crippen LogP contribution is 2.36. The molecular weight excluding hydrogens is 380 g/mol. The summed E-state index contributed by atoms with van der Waals surface area (Å²) in [7, 11) is 0. The van der Waals surface area contributed by atoms with Gasteiger partial charge in [0.25, 0.3) is 0 Å². The maximum Gasteiger partial charge on any atom is 0.410 e. The van der Waals surface area contributed by atoms with E-state index in [1.54, 1.807) is 11.8 Å². The monoisotopic (exact) mass is 402 g/mol. The van der Waals surface area contributed by atoms with Gasteiger partial charge < -0.3 is 14.4 Å². The Labute approximate surface area is 174 Å². The number of nitrogens with zero attached hydrogens (tertiary/aromatic N) is 4. The highest BCUT2D eigenvalue weighted by Gasteiger charge is 2.25. The van der Waals surface area contributed by atoms with Crippen LogP contribution in [-0.4, -0.2) is 40.7 Å². The number of rotatable bonds is 4. The van der Waals surface area contributed by atoms with E-state index in [-0.39, 0.29) is 6.09 Å². The number of amides is 1. The van der Waals surface area contributed by atoms with Gasteiger partial charge >= 0.3 is 6.09 Å². The molecule has 0 radical (unpaired) electrons. The minimum atomic E-state index is -0.325. The number of nitriles is 1. The molecule has 1 aromatic carbocycles. The minimum Gasteiger partial charge on any atom is -0.477 e. The number of carbonyl (C=O) groups excluding carboxylic acids is 1. The third-order valence-electron chi connectivity index (χ3n) is 5.07. The van der Waals surface area contributed by atoms with Crippen LogP contribution in [0.15, 0.2) is 36.4 Å². The molecule has 0 N–H and O–H groups in total. The average molecular weight is 402 g/mol. The zero-order chi connectivity index (χ0) is 21.1. The molecule has 7 nitrogen and oxygen atoms in total. The first-order valence-corrected chi connectivity index (χ1v) is 10.0. The van der Waals surface area contributed by atoms with Crippen molar-refractivity contribution in [1.82, 2.24) is 14.9 Å². The van der Waals surface area contributed by atoms with Crippen LogP contribution in [0, 0.1) is 11.3 Å². The third-order valence-corrected chi connectivity index (χ3v) is 5.07. The summed E-state index contributed by atoms with van der Waals surface area (Å²) in [5.74, 6) is 0.294. The number of hydrogen-bond donors (Lipinski definition) is 0. The van der Waals surface area contributed by atoms with Crippen molar-refractivity contribution in [1.29, 1.82) is 5.26 Å². The summed E-state index contributed by atoms with van der Waals surface area (Å²) in [6.45, 7) is 5.36. The van der Waals surface area contributed by atoms with E-state index in [1.807, 2.05) is 43.3 Å². The van der Waals surface area contributed by atoms with Gasteiger partial charge in [0.1, 0.15) is 11.6 Å². The van der Waals surface area contributed by atoms with Crippen molar-refractivity contribution in [3.8, 4) is 23.1 Å². The van der Waals surface area contributed by atoms with Gasteiger partial charge in [-0.05, 0) is 31.0 Å². The lowest BCUT2D eigenvalue weighted by Gasteiger charge is -2.28. The summed E-state index contributed by atoms with van der Waals surface area (Å²) in [5.41, 5.74) is 4.41. The number of carbonyl (C=O) groups is 1. The Balaban J connectivity index is 1.92. The van der Waals surface area contributed by atoms with Gasteiger partial charge in [0, 0.05) is 29.6 Å². The fourth-order valence-electron chi connectivity index (χ4n) is 3.74. The normalized spacial score (nSPS) is 12.9. The van der Waals surface area contributed by atoms with Gasteiger partial charge in [-0.1, -0.05) is 30.3 Å². The van der Waals surface area contributed by atoms with Crippen LogP contribution in [0.5, 0.6) is 5.88 Å². The lowest BCUT2D eigenvalue weighted by atomic mass is 9.95. The summed E-state index contributed by atoms with van der Waals surface area (Å²) in [6, 6.07) is 14.0. The predicted molar refractivity (Wildman–Crippen MR) is 112 cm³/mol. The lowest BCUT2D eigenvalue weighted by molar-refractivity contribution is 0.102. The zero-order valence-corrected chi connectivity index (χ0v) is 17.0. The number of benzene rings is 1. The highest BCUT2D eigenvalue weighted by molar-refractivity contribution is 5.97. The van der Waals surface area contributed by atoms with Gasteiger partial charge in [-0.2, -0.15) is 10.2 Å². The summed E-state index contributed by atoms with van der Waals surface area (Å²) in [4.78, 5) is 23.2. The number of ether oxygens (including phenoxy) is 2. The van der Waals surface area contributed by atoms with E-state index < -0.39 is 0 Å². The van der Waals surface area contributed by atoms with Crippen LogP contribution in [0.1, 0.15) is 30.7 Å². The molecule has 0 fully saturated rings. The molecule has 152 valence electrons. The van der Waals surface area contributed by atoms with E-state index in [1.165, 1.54) is 0 Å². The number of hydrogen-bond acceptors (Lipinski definition) is 6. The Morgan fingerprint density at radius 1 is 1.20 bits per heavy atom. The largest absolute Gasteiger partial charge is 0.477 e. The Bertz CT molecular complexity index is 1140. The van der Waals surface area contributed by atoms with Crippen molar-refractivity contribution < 1.29 is 14.3 Å². The van der Waals surface area contributed by atoms with Gasteiger partial charge in [0.15, 0.2) is 5.65 Å². The Kier molecular flexibility index (Phi) is 5.48.